The second-order valence-corrected chi connectivity index (χ2v) is 2.84. The molecule has 3 N–H and O–H groups in total. The molecule has 0 aliphatic rings. The SMILES string of the molecule is Cn1cc([N+](=O)[O-])nc1C(=O)NCCN. The van der Waals surface area contributed by atoms with E-state index in [2.05, 4.69) is 10.3 Å². The fraction of sp³-hybridized carbons (Fsp3) is 0.429. The van der Waals surface area contributed by atoms with E-state index in [4.69, 9.17) is 5.73 Å². The highest BCUT2D eigenvalue weighted by molar-refractivity contribution is 5.91. The molecule has 1 aromatic rings. The van der Waals surface area contributed by atoms with Gasteiger partial charge in [-0.05, 0) is 9.91 Å². The van der Waals surface area contributed by atoms with E-state index >= 15 is 0 Å². The summed E-state index contributed by atoms with van der Waals surface area (Å²) in [6.45, 7) is 0.609. The third kappa shape index (κ3) is 2.50. The molecule has 0 aliphatic carbocycles. The number of aromatic nitrogens is 2. The minimum atomic E-state index is -0.653. The molecule has 15 heavy (non-hydrogen) atoms. The Balaban J connectivity index is 2.85. The molecule has 0 aromatic carbocycles. The molecular weight excluding hydrogens is 202 g/mol. The van der Waals surface area contributed by atoms with Gasteiger partial charge in [-0.3, -0.25) is 4.79 Å². The fourth-order valence-electron chi connectivity index (χ4n) is 1.01. The third-order valence-corrected chi connectivity index (χ3v) is 1.68. The maximum absolute atomic E-state index is 11.4. The Bertz CT molecular complexity index is 386. The smallest absolute Gasteiger partial charge is 0.358 e. The molecule has 8 heteroatoms. The van der Waals surface area contributed by atoms with Crippen LogP contribution in [0.25, 0.3) is 0 Å². The Labute approximate surface area is 85.2 Å². The average molecular weight is 213 g/mol. The zero-order valence-corrected chi connectivity index (χ0v) is 8.14. The van der Waals surface area contributed by atoms with Crippen molar-refractivity contribution in [2.75, 3.05) is 13.1 Å². The number of carbonyl (C=O) groups is 1. The lowest BCUT2D eigenvalue weighted by atomic mass is 10.5. The number of imidazole rings is 1. The van der Waals surface area contributed by atoms with Crippen LogP contribution < -0.4 is 11.1 Å². The maximum Gasteiger partial charge on any atom is 0.382 e. The number of nitro groups is 1. The summed E-state index contributed by atoms with van der Waals surface area (Å²) in [6.07, 6.45) is 1.18. The van der Waals surface area contributed by atoms with E-state index in [9.17, 15) is 14.9 Å². The van der Waals surface area contributed by atoms with E-state index < -0.39 is 10.8 Å². The van der Waals surface area contributed by atoms with Crippen LogP contribution in [0.2, 0.25) is 0 Å². The standard InChI is InChI=1S/C7H11N5O3/c1-11-4-5(12(14)15)10-6(11)7(13)9-3-2-8/h4H,2-3,8H2,1H3,(H,9,13). The molecule has 1 rings (SSSR count). The summed E-state index contributed by atoms with van der Waals surface area (Å²) in [7, 11) is 1.51. The Kier molecular flexibility index (Phi) is 3.34. The van der Waals surface area contributed by atoms with Crippen molar-refractivity contribution in [3.8, 4) is 0 Å². The van der Waals surface area contributed by atoms with E-state index in [1.807, 2.05) is 0 Å². The summed E-state index contributed by atoms with van der Waals surface area (Å²) in [5.74, 6) is -0.832. The van der Waals surface area contributed by atoms with Crippen molar-refractivity contribution in [2.45, 2.75) is 0 Å². The number of hydrogen-bond donors (Lipinski definition) is 2. The van der Waals surface area contributed by atoms with Crippen LogP contribution in [0.5, 0.6) is 0 Å². The second-order valence-electron chi connectivity index (χ2n) is 2.84. The van der Waals surface area contributed by atoms with Crippen LogP contribution in [0, 0.1) is 10.1 Å². The summed E-state index contributed by atoms with van der Waals surface area (Å²) in [5.41, 5.74) is 5.20. The molecule has 0 saturated heterocycles. The van der Waals surface area contributed by atoms with E-state index in [1.54, 1.807) is 0 Å². The molecule has 8 nitrogen and oxygen atoms in total. The van der Waals surface area contributed by atoms with Gasteiger partial charge in [0.05, 0.1) is 0 Å². The average Bonchev–Trinajstić information content (AvgIpc) is 2.57. The van der Waals surface area contributed by atoms with Gasteiger partial charge in [0.15, 0.2) is 0 Å². The Morgan fingerprint density at radius 1 is 1.80 bits per heavy atom. The van der Waals surface area contributed by atoms with Crippen LogP contribution in [0.4, 0.5) is 5.82 Å². The molecule has 0 bridgehead atoms. The third-order valence-electron chi connectivity index (χ3n) is 1.68. The number of rotatable bonds is 4. The number of carbonyl (C=O) groups excluding carboxylic acids is 1. The molecule has 1 heterocycles. The van der Waals surface area contributed by atoms with Crippen molar-refractivity contribution in [3.05, 3.63) is 22.1 Å². The van der Waals surface area contributed by atoms with Gasteiger partial charge in [-0.25, -0.2) is 0 Å². The first-order valence-corrected chi connectivity index (χ1v) is 4.22. The van der Waals surface area contributed by atoms with Gasteiger partial charge >= 0.3 is 17.5 Å². The van der Waals surface area contributed by atoms with Gasteiger partial charge in [0.2, 0.25) is 0 Å². The van der Waals surface area contributed by atoms with Gasteiger partial charge < -0.3 is 25.7 Å². The number of amides is 1. The van der Waals surface area contributed by atoms with Crippen molar-refractivity contribution in [1.29, 1.82) is 0 Å². The number of nitrogens with one attached hydrogen (secondary N) is 1. The summed E-state index contributed by atoms with van der Waals surface area (Å²) in [5, 5.41) is 12.9. The fourth-order valence-corrected chi connectivity index (χ4v) is 1.01. The van der Waals surface area contributed by atoms with Crippen LogP contribution in [-0.2, 0) is 7.05 Å². The normalized spacial score (nSPS) is 10.0. The van der Waals surface area contributed by atoms with Gasteiger partial charge in [0.25, 0.3) is 0 Å². The highest BCUT2D eigenvalue weighted by Crippen LogP contribution is 2.08. The van der Waals surface area contributed by atoms with Gasteiger partial charge in [-0.15, -0.1) is 0 Å². The molecule has 0 spiro atoms. The quantitative estimate of drug-likeness (QED) is 0.492. The lowest BCUT2D eigenvalue weighted by Crippen LogP contribution is -2.30. The molecule has 0 unspecified atom stereocenters. The highest BCUT2D eigenvalue weighted by atomic mass is 16.6. The molecule has 1 aromatic heterocycles. The molecule has 0 radical (unpaired) electrons. The van der Waals surface area contributed by atoms with Crippen LogP contribution in [0.3, 0.4) is 0 Å². The number of hydrogen-bond acceptors (Lipinski definition) is 5. The van der Waals surface area contributed by atoms with Crippen molar-refractivity contribution in [1.82, 2.24) is 14.9 Å². The van der Waals surface area contributed by atoms with E-state index in [0.29, 0.717) is 13.1 Å². The lowest BCUT2D eigenvalue weighted by molar-refractivity contribution is -0.389. The first-order chi connectivity index (χ1) is 7.06. The van der Waals surface area contributed by atoms with Crippen LogP contribution in [0.15, 0.2) is 6.20 Å². The molecule has 0 atom stereocenters. The number of nitrogens with two attached hydrogens (primary N) is 1. The van der Waals surface area contributed by atoms with Crippen molar-refractivity contribution in [2.24, 2.45) is 12.8 Å². The van der Waals surface area contributed by atoms with E-state index in [0.717, 1.165) is 0 Å². The second kappa shape index (κ2) is 4.51. The van der Waals surface area contributed by atoms with Gasteiger partial charge in [0, 0.05) is 20.1 Å². The zero-order chi connectivity index (χ0) is 11.4. The predicted octanol–water partition coefficient (Wildman–Crippen LogP) is -0.983. The van der Waals surface area contributed by atoms with Crippen molar-refractivity contribution < 1.29 is 9.72 Å². The Hall–Kier alpha value is -1.96. The monoisotopic (exact) mass is 213 g/mol. The minimum absolute atomic E-state index is 0.00449. The minimum Gasteiger partial charge on any atom is -0.358 e. The predicted molar refractivity (Wildman–Crippen MR) is 51.3 cm³/mol. The van der Waals surface area contributed by atoms with Gasteiger partial charge in [-0.2, -0.15) is 0 Å². The molecule has 1 amide bonds. The maximum atomic E-state index is 11.4. The largest absolute Gasteiger partial charge is 0.382 e. The molecule has 82 valence electrons. The van der Waals surface area contributed by atoms with Crippen LogP contribution in [-0.4, -0.2) is 33.5 Å². The topological polar surface area (TPSA) is 116 Å². The number of aryl methyl sites for hydroxylation is 1. The number of nitrogens with zero attached hydrogens (tertiary/aromatic N) is 3. The van der Waals surface area contributed by atoms with E-state index in [1.165, 1.54) is 17.8 Å². The summed E-state index contributed by atoms with van der Waals surface area (Å²) >= 11 is 0. The first kappa shape index (κ1) is 11.1. The molecule has 0 fully saturated rings. The zero-order valence-electron chi connectivity index (χ0n) is 8.14. The van der Waals surface area contributed by atoms with Crippen molar-refractivity contribution in [3.63, 3.8) is 0 Å². The summed E-state index contributed by atoms with van der Waals surface area (Å²) in [6, 6.07) is 0. The lowest BCUT2D eigenvalue weighted by Gasteiger charge is -1.98. The van der Waals surface area contributed by atoms with Gasteiger partial charge in [-0.1, -0.05) is 0 Å². The van der Waals surface area contributed by atoms with Gasteiger partial charge in [0.1, 0.15) is 6.20 Å². The first-order valence-electron chi connectivity index (χ1n) is 4.22. The molecular formula is C7H11N5O3. The summed E-state index contributed by atoms with van der Waals surface area (Å²) < 4.78 is 1.30. The summed E-state index contributed by atoms with van der Waals surface area (Å²) in [4.78, 5) is 24.7. The molecule has 0 saturated carbocycles. The Morgan fingerprint density at radius 2 is 2.47 bits per heavy atom. The van der Waals surface area contributed by atoms with Crippen molar-refractivity contribution >= 4 is 11.7 Å². The van der Waals surface area contributed by atoms with Crippen LogP contribution in [0.1, 0.15) is 10.6 Å². The highest BCUT2D eigenvalue weighted by Gasteiger charge is 2.22. The molecule has 0 aliphatic heterocycles. The van der Waals surface area contributed by atoms with E-state index in [-0.39, 0.29) is 11.6 Å². The Morgan fingerprint density at radius 3 is 2.93 bits per heavy atom. The van der Waals surface area contributed by atoms with Crippen LogP contribution >= 0.6 is 0 Å².